The summed E-state index contributed by atoms with van der Waals surface area (Å²) in [5.41, 5.74) is 2.34. The van der Waals surface area contributed by atoms with Gasteiger partial charge in [0, 0.05) is 12.1 Å². The molecule has 7 nitrogen and oxygen atoms in total. The first-order chi connectivity index (χ1) is 12.0. The second-order valence-corrected chi connectivity index (χ2v) is 5.85. The Morgan fingerprint density at radius 1 is 1.24 bits per heavy atom. The normalized spacial score (nSPS) is 13.7. The third kappa shape index (κ3) is 5.32. The Bertz CT molecular complexity index is 746. The predicted molar refractivity (Wildman–Crippen MR) is 95.4 cm³/mol. The molecule has 1 aromatic heterocycles. The van der Waals surface area contributed by atoms with Crippen LogP contribution >= 0.6 is 11.3 Å². The zero-order valence-electron chi connectivity index (χ0n) is 13.5. The molecule has 3 rings (SSSR count). The van der Waals surface area contributed by atoms with Crippen molar-refractivity contribution in [3.8, 4) is 16.9 Å². The summed E-state index contributed by atoms with van der Waals surface area (Å²) in [4.78, 5) is 22.6. The lowest BCUT2D eigenvalue weighted by Crippen LogP contribution is -2.33. The maximum atomic E-state index is 9.10. The highest BCUT2D eigenvalue weighted by Gasteiger charge is 2.17. The smallest absolute Gasteiger partial charge is 0.414 e. The number of carbonyl (C=O) groups is 2. The minimum atomic E-state index is -1.82. The highest BCUT2D eigenvalue weighted by atomic mass is 32.1. The van der Waals surface area contributed by atoms with E-state index in [2.05, 4.69) is 33.2 Å². The molecular weight excluding hydrogens is 344 g/mol. The SMILES string of the molecule is CC(Oc1ccccc1-c1ccsc1)C1=NCCN1.O=C(O)C(=O)O. The Kier molecular flexibility index (Phi) is 6.53. The van der Waals surface area contributed by atoms with Crippen molar-refractivity contribution in [2.75, 3.05) is 13.1 Å². The van der Waals surface area contributed by atoms with Gasteiger partial charge in [0.2, 0.25) is 0 Å². The Morgan fingerprint density at radius 3 is 2.52 bits per heavy atom. The van der Waals surface area contributed by atoms with E-state index >= 15 is 0 Å². The molecule has 0 fully saturated rings. The summed E-state index contributed by atoms with van der Waals surface area (Å²) >= 11 is 1.70. The van der Waals surface area contributed by atoms with Gasteiger partial charge in [-0.3, -0.25) is 4.99 Å². The number of hydrogen-bond acceptors (Lipinski definition) is 6. The van der Waals surface area contributed by atoms with E-state index in [0.717, 1.165) is 30.2 Å². The molecule has 1 atom stereocenters. The summed E-state index contributed by atoms with van der Waals surface area (Å²) in [6, 6.07) is 10.3. The molecule has 1 aromatic carbocycles. The van der Waals surface area contributed by atoms with Gasteiger partial charge in [-0.25, -0.2) is 9.59 Å². The van der Waals surface area contributed by atoms with Crippen LogP contribution in [0.4, 0.5) is 0 Å². The van der Waals surface area contributed by atoms with Gasteiger partial charge in [-0.2, -0.15) is 11.3 Å². The minimum Gasteiger partial charge on any atom is -0.482 e. The van der Waals surface area contributed by atoms with Crippen molar-refractivity contribution in [2.24, 2.45) is 4.99 Å². The molecule has 2 heterocycles. The van der Waals surface area contributed by atoms with Crippen LogP contribution < -0.4 is 10.1 Å². The average Bonchev–Trinajstić information content (AvgIpc) is 3.29. The minimum absolute atomic E-state index is 0.0396. The number of nitrogens with one attached hydrogen (secondary N) is 1. The van der Waals surface area contributed by atoms with Gasteiger partial charge in [0.25, 0.3) is 0 Å². The molecule has 1 aliphatic heterocycles. The molecular formula is C17H18N2O5S. The van der Waals surface area contributed by atoms with E-state index in [0.29, 0.717) is 0 Å². The number of benzene rings is 1. The molecule has 1 aliphatic rings. The van der Waals surface area contributed by atoms with Crippen molar-refractivity contribution in [2.45, 2.75) is 13.0 Å². The Labute approximate surface area is 148 Å². The van der Waals surface area contributed by atoms with Crippen LogP contribution in [-0.2, 0) is 9.59 Å². The molecule has 0 saturated carbocycles. The summed E-state index contributed by atoms with van der Waals surface area (Å²) in [6.07, 6.45) is -0.0396. The number of carboxylic acid groups (broad SMARTS) is 2. The number of hydrogen-bond donors (Lipinski definition) is 3. The lowest BCUT2D eigenvalue weighted by molar-refractivity contribution is -0.159. The van der Waals surface area contributed by atoms with E-state index in [1.165, 1.54) is 5.56 Å². The number of carboxylic acids is 2. The summed E-state index contributed by atoms with van der Waals surface area (Å²) in [5, 5.41) is 22.3. The molecule has 0 amide bonds. The molecule has 0 saturated heterocycles. The third-order valence-corrected chi connectivity index (χ3v) is 3.97. The van der Waals surface area contributed by atoms with Crippen LogP contribution in [0.15, 0.2) is 46.1 Å². The lowest BCUT2D eigenvalue weighted by atomic mass is 10.1. The van der Waals surface area contributed by atoms with Gasteiger partial charge in [-0.05, 0) is 35.4 Å². The number of ether oxygens (including phenoxy) is 1. The Hall–Kier alpha value is -2.87. The number of amidine groups is 1. The maximum Gasteiger partial charge on any atom is 0.414 e. The lowest BCUT2D eigenvalue weighted by Gasteiger charge is -2.17. The van der Waals surface area contributed by atoms with E-state index < -0.39 is 11.9 Å². The van der Waals surface area contributed by atoms with Gasteiger partial charge < -0.3 is 20.3 Å². The number of thiophene rings is 1. The maximum absolute atomic E-state index is 9.10. The number of nitrogens with zero attached hydrogens (tertiary/aromatic N) is 1. The molecule has 132 valence electrons. The monoisotopic (exact) mass is 362 g/mol. The van der Waals surface area contributed by atoms with E-state index in [1.807, 2.05) is 25.1 Å². The van der Waals surface area contributed by atoms with Crippen LogP contribution in [0.3, 0.4) is 0 Å². The number of aliphatic carboxylic acids is 2. The summed E-state index contributed by atoms with van der Waals surface area (Å²) in [7, 11) is 0. The molecule has 1 unspecified atom stereocenters. The standard InChI is InChI=1S/C15H16N2OS.C2H2O4/c1-11(15-16-7-8-17-15)18-14-5-3-2-4-13(14)12-6-9-19-10-12;3-1(4)2(5)6/h2-6,9-11H,7-8H2,1H3,(H,16,17);(H,3,4)(H,5,6). The van der Waals surface area contributed by atoms with Gasteiger partial charge in [0.1, 0.15) is 11.6 Å². The van der Waals surface area contributed by atoms with Crippen LogP contribution in [0.1, 0.15) is 6.92 Å². The van der Waals surface area contributed by atoms with Gasteiger partial charge >= 0.3 is 11.9 Å². The van der Waals surface area contributed by atoms with E-state index in [-0.39, 0.29) is 6.10 Å². The first kappa shape index (κ1) is 18.5. The van der Waals surface area contributed by atoms with Gasteiger partial charge in [-0.1, -0.05) is 18.2 Å². The zero-order chi connectivity index (χ0) is 18.2. The fourth-order valence-electron chi connectivity index (χ4n) is 2.16. The second kappa shape index (κ2) is 8.84. The second-order valence-electron chi connectivity index (χ2n) is 5.07. The highest BCUT2D eigenvalue weighted by Crippen LogP contribution is 2.31. The molecule has 0 radical (unpaired) electrons. The van der Waals surface area contributed by atoms with Crippen LogP contribution in [0, 0.1) is 0 Å². The quantitative estimate of drug-likeness (QED) is 0.721. The molecule has 8 heteroatoms. The van der Waals surface area contributed by atoms with Crippen molar-refractivity contribution in [1.82, 2.24) is 5.32 Å². The van der Waals surface area contributed by atoms with Crippen molar-refractivity contribution < 1.29 is 24.5 Å². The van der Waals surface area contributed by atoms with Crippen LogP contribution in [0.25, 0.3) is 11.1 Å². The number of aliphatic imine (C=N–C) groups is 1. The molecule has 0 aliphatic carbocycles. The fraction of sp³-hybridized carbons (Fsp3) is 0.235. The van der Waals surface area contributed by atoms with Crippen molar-refractivity contribution in [1.29, 1.82) is 0 Å². The average molecular weight is 362 g/mol. The van der Waals surface area contributed by atoms with Gasteiger partial charge in [0.15, 0.2) is 6.10 Å². The van der Waals surface area contributed by atoms with E-state index in [9.17, 15) is 0 Å². The summed E-state index contributed by atoms with van der Waals surface area (Å²) in [5.74, 6) is -1.80. The Balaban J connectivity index is 0.000000326. The largest absolute Gasteiger partial charge is 0.482 e. The third-order valence-electron chi connectivity index (χ3n) is 3.29. The first-order valence-corrected chi connectivity index (χ1v) is 8.46. The predicted octanol–water partition coefficient (Wildman–Crippen LogP) is 2.34. The highest BCUT2D eigenvalue weighted by molar-refractivity contribution is 7.08. The van der Waals surface area contributed by atoms with Gasteiger partial charge in [-0.15, -0.1) is 0 Å². The van der Waals surface area contributed by atoms with Crippen LogP contribution in [-0.4, -0.2) is 47.2 Å². The fourth-order valence-corrected chi connectivity index (χ4v) is 2.82. The molecule has 0 spiro atoms. The molecule has 2 aromatic rings. The summed E-state index contributed by atoms with van der Waals surface area (Å²) < 4.78 is 6.06. The topological polar surface area (TPSA) is 108 Å². The first-order valence-electron chi connectivity index (χ1n) is 7.51. The van der Waals surface area contributed by atoms with Crippen molar-refractivity contribution in [3.63, 3.8) is 0 Å². The summed E-state index contributed by atoms with van der Waals surface area (Å²) in [6.45, 7) is 3.78. The zero-order valence-corrected chi connectivity index (χ0v) is 14.3. The van der Waals surface area contributed by atoms with Crippen molar-refractivity contribution >= 4 is 29.1 Å². The van der Waals surface area contributed by atoms with Crippen molar-refractivity contribution in [3.05, 3.63) is 41.1 Å². The number of para-hydroxylation sites is 1. The van der Waals surface area contributed by atoms with E-state index in [4.69, 9.17) is 24.5 Å². The molecule has 0 bridgehead atoms. The van der Waals surface area contributed by atoms with Gasteiger partial charge in [0.05, 0.1) is 6.54 Å². The van der Waals surface area contributed by atoms with E-state index in [1.54, 1.807) is 11.3 Å². The van der Waals surface area contributed by atoms with Crippen LogP contribution in [0.5, 0.6) is 5.75 Å². The Morgan fingerprint density at radius 2 is 1.96 bits per heavy atom. The number of rotatable bonds is 4. The molecule has 25 heavy (non-hydrogen) atoms. The molecule has 3 N–H and O–H groups in total. The van der Waals surface area contributed by atoms with Crippen LogP contribution in [0.2, 0.25) is 0 Å².